The molecule has 0 aliphatic heterocycles. The van der Waals surface area contributed by atoms with Crippen molar-refractivity contribution in [2.24, 2.45) is 5.92 Å². The van der Waals surface area contributed by atoms with Gasteiger partial charge < -0.3 is 15.5 Å². The Hall–Kier alpha value is -3.43. The highest BCUT2D eigenvalue weighted by atomic mass is 35.5. The summed E-state index contributed by atoms with van der Waals surface area (Å²) < 4.78 is 1.99. The molecule has 1 saturated carbocycles. The van der Waals surface area contributed by atoms with Crippen molar-refractivity contribution in [3.8, 4) is 5.69 Å². The van der Waals surface area contributed by atoms with Crippen LogP contribution in [0.15, 0.2) is 65.6 Å². The number of thiophene rings is 1. The van der Waals surface area contributed by atoms with E-state index < -0.39 is 12.1 Å². The van der Waals surface area contributed by atoms with Gasteiger partial charge in [0.1, 0.15) is 0 Å². The SMILES string of the molecule is CN(C)C(=O)C1C[C@H](NC(=O)c2ccc(-n3ccccc3=O)cc2)[C@H](NC(=O)c2ccc(Cl)s2)C1. The number of pyridine rings is 1. The average Bonchev–Trinajstić information content (AvgIpc) is 3.45. The van der Waals surface area contributed by atoms with Crippen molar-refractivity contribution in [2.45, 2.75) is 24.9 Å². The molecule has 8 nitrogen and oxygen atoms in total. The maximum Gasteiger partial charge on any atom is 0.261 e. The van der Waals surface area contributed by atoms with E-state index in [2.05, 4.69) is 10.6 Å². The quantitative estimate of drug-likeness (QED) is 0.530. The first-order chi connectivity index (χ1) is 16.7. The average molecular weight is 513 g/mol. The van der Waals surface area contributed by atoms with Gasteiger partial charge in [-0.2, -0.15) is 0 Å². The highest BCUT2D eigenvalue weighted by Gasteiger charge is 2.40. The molecule has 0 radical (unpaired) electrons. The van der Waals surface area contributed by atoms with Crippen molar-refractivity contribution in [3.05, 3.63) is 85.9 Å². The predicted molar refractivity (Wildman–Crippen MR) is 135 cm³/mol. The summed E-state index contributed by atoms with van der Waals surface area (Å²) >= 11 is 7.13. The van der Waals surface area contributed by atoms with Gasteiger partial charge in [0.25, 0.3) is 17.4 Å². The van der Waals surface area contributed by atoms with Crippen molar-refractivity contribution in [1.82, 2.24) is 20.1 Å². The van der Waals surface area contributed by atoms with E-state index >= 15 is 0 Å². The number of rotatable bonds is 6. The molecule has 3 amide bonds. The molecule has 10 heteroatoms. The molecule has 0 bridgehead atoms. The Morgan fingerprint density at radius 1 is 0.943 bits per heavy atom. The van der Waals surface area contributed by atoms with Crippen LogP contribution in [0.5, 0.6) is 0 Å². The molecule has 1 unspecified atom stereocenters. The number of benzene rings is 1. The normalized spacial score (nSPS) is 19.2. The molecule has 3 atom stereocenters. The Balaban J connectivity index is 1.49. The van der Waals surface area contributed by atoms with Crippen LogP contribution in [0.3, 0.4) is 0 Å². The Labute approximate surface area is 211 Å². The van der Waals surface area contributed by atoms with Gasteiger partial charge in [-0.1, -0.05) is 17.7 Å². The van der Waals surface area contributed by atoms with E-state index in [9.17, 15) is 19.2 Å². The van der Waals surface area contributed by atoms with Gasteiger partial charge in [0.05, 0.1) is 21.3 Å². The number of hydrogen-bond donors (Lipinski definition) is 2. The van der Waals surface area contributed by atoms with Crippen molar-refractivity contribution in [3.63, 3.8) is 0 Å². The van der Waals surface area contributed by atoms with Crippen molar-refractivity contribution < 1.29 is 14.4 Å². The first kappa shape index (κ1) is 24.7. The molecule has 4 rings (SSSR count). The molecule has 2 heterocycles. The summed E-state index contributed by atoms with van der Waals surface area (Å²) in [5.74, 6) is -0.974. The number of hydrogen-bond acceptors (Lipinski definition) is 5. The molecule has 0 spiro atoms. The fraction of sp³-hybridized carbons (Fsp3) is 0.280. The zero-order valence-electron chi connectivity index (χ0n) is 19.2. The highest BCUT2D eigenvalue weighted by molar-refractivity contribution is 7.18. The number of carbonyl (C=O) groups is 3. The van der Waals surface area contributed by atoms with E-state index in [4.69, 9.17) is 11.6 Å². The maximum atomic E-state index is 13.0. The number of carbonyl (C=O) groups excluding carboxylic acids is 3. The van der Waals surface area contributed by atoms with Crippen molar-refractivity contribution >= 4 is 40.7 Å². The van der Waals surface area contributed by atoms with Crippen LogP contribution in [-0.4, -0.2) is 53.4 Å². The zero-order valence-corrected chi connectivity index (χ0v) is 20.8. The maximum absolute atomic E-state index is 13.0. The molecule has 35 heavy (non-hydrogen) atoms. The van der Waals surface area contributed by atoms with E-state index in [1.165, 1.54) is 26.9 Å². The van der Waals surface area contributed by atoms with Crippen molar-refractivity contribution in [2.75, 3.05) is 14.1 Å². The highest BCUT2D eigenvalue weighted by Crippen LogP contribution is 2.29. The van der Waals surface area contributed by atoms with Gasteiger partial charge in [-0.15, -0.1) is 11.3 Å². The summed E-state index contributed by atoms with van der Waals surface area (Å²) in [7, 11) is 3.38. The smallest absolute Gasteiger partial charge is 0.261 e. The van der Waals surface area contributed by atoms with Crippen molar-refractivity contribution in [1.29, 1.82) is 0 Å². The standard InChI is InChI=1S/C25H25ClN4O4S/c1-29(2)25(34)16-13-18(19(14-16)28-24(33)20-10-11-21(26)35-20)27-23(32)15-6-8-17(9-7-15)30-12-4-3-5-22(30)31/h3-12,16,18-19H,13-14H2,1-2H3,(H,27,32)(H,28,33)/t16?,18-,19+/m0/s1. The lowest BCUT2D eigenvalue weighted by Crippen LogP contribution is -2.48. The fourth-order valence-corrected chi connectivity index (χ4v) is 5.21. The van der Waals surface area contributed by atoms with Crippen LogP contribution in [0.2, 0.25) is 4.34 Å². The van der Waals surface area contributed by atoms with Crippen LogP contribution in [0, 0.1) is 5.92 Å². The van der Waals surface area contributed by atoms with Gasteiger partial charge in [0.15, 0.2) is 0 Å². The molecule has 2 N–H and O–H groups in total. The van der Waals surface area contributed by atoms with E-state index in [1.807, 2.05) is 0 Å². The molecule has 1 aliphatic carbocycles. The topological polar surface area (TPSA) is 101 Å². The third-order valence-electron chi connectivity index (χ3n) is 6.01. The molecule has 182 valence electrons. The first-order valence-electron chi connectivity index (χ1n) is 11.1. The van der Waals surface area contributed by atoms with Crippen LogP contribution in [-0.2, 0) is 4.79 Å². The summed E-state index contributed by atoms with van der Waals surface area (Å²) in [5, 5.41) is 5.95. The number of aromatic nitrogens is 1. The molecule has 1 aliphatic rings. The third kappa shape index (κ3) is 5.63. The second-order valence-corrected chi connectivity index (χ2v) is 10.3. The lowest BCUT2D eigenvalue weighted by atomic mass is 10.1. The summed E-state index contributed by atoms with van der Waals surface area (Å²) in [6.45, 7) is 0. The Bertz CT molecular complexity index is 1300. The summed E-state index contributed by atoms with van der Waals surface area (Å²) in [5.41, 5.74) is 0.887. The predicted octanol–water partition coefficient (Wildman–Crippen LogP) is 2.95. The van der Waals surface area contributed by atoms with E-state index in [-0.39, 0.29) is 29.2 Å². The Kier molecular flexibility index (Phi) is 7.37. The largest absolute Gasteiger partial charge is 0.349 e. The molecule has 1 fully saturated rings. The lowest BCUT2D eigenvalue weighted by molar-refractivity contribution is -0.132. The third-order valence-corrected chi connectivity index (χ3v) is 7.24. The minimum atomic E-state index is -0.424. The number of nitrogens with zero attached hydrogens (tertiary/aromatic N) is 2. The fourth-order valence-electron chi connectivity index (χ4n) is 4.27. The molecule has 0 saturated heterocycles. The van der Waals surface area contributed by atoms with Crippen LogP contribution >= 0.6 is 22.9 Å². The van der Waals surface area contributed by atoms with Crippen LogP contribution in [0.4, 0.5) is 0 Å². The first-order valence-corrected chi connectivity index (χ1v) is 12.3. The van der Waals surface area contributed by atoms with Crippen LogP contribution in [0.1, 0.15) is 32.9 Å². The van der Waals surface area contributed by atoms with E-state index in [0.717, 1.165) is 0 Å². The zero-order chi connectivity index (χ0) is 25.1. The van der Waals surface area contributed by atoms with Gasteiger partial charge >= 0.3 is 0 Å². The minimum absolute atomic E-state index is 0.0437. The van der Waals surface area contributed by atoms with Gasteiger partial charge in [-0.05, 0) is 55.3 Å². The molecule has 2 aromatic heterocycles. The monoisotopic (exact) mass is 512 g/mol. The van der Waals surface area contributed by atoms with Crippen LogP contribution in [0.25, 0.3) is 5.69 Å². The molecule has 1 aromatic carbocycles. The van der Waals surface area contributed by atoms with E-state index in [1.54, 1.807) is 68.8 Å². The van der Waals surface area contributed by atoms with Gasteiger partial charge in [-0.3, -0.25) is 23.7 Å². The number of amides is 3. The minimum Gasteiger partial charge on any atom is -0.349 e. The van der Waals surface area contributed by atoms with Crippen LogP contribution < -0.4 is 16.2 Å². The summed E-state index contributed by atoms with van der Waals surface area (Å²) in [6, 6.07) is 14.0. The summed E-state index contributed by atoms with van der Waals surface area (Å²) in [4.78, 5) is 52.4. The number of nitrogens with one attached hydrogen (secondary N) is 2. The molecular formula is C25H25ClN4O4S. The Morgan fingerprint density at radius 2 is 1.60 bits per heavy atom. The second kappa shape index (κ2) is 10.5. The van der Waals surface area contributed by atoms with Gasteiger partial charge in [-0.25, -0.2) is 0 Å². The Morgan fingerprint density at radius 3 is 2.17 bits per heavy atom. The second-order valence-electron chi connectivity index (χ2n) is 8.62. The van der Waals surface area contributed by atoms with E-state index in [0.29, 0.717) is 33.3 Å². The van der Waals surface area contributed by atoms with Gasteiger partial charge in [0, 0.05) is 43.5 Å². The van der Waals surface area contributed by atoms with Gasteiger partial charge in [0.2, 0.25) is 5.91 Å². The summed E-state index contributed by atoms with van der Waals surface area (Å²) in [6.07, 6.45) is 2.49. The lowest BCUT2D eigenvalue weighted by Gasteiger charge is -2.22. The number of halogens is 1. The molecular weight excluding hydrogens is 488 g/mol. The molecule has 3 aromatic rings.